The normalized spacial score (nSPS) is 25.4. The zero-order valence-electron chi connectivity index (χ0n) is 10.1. The molecule has 1 fully saturated rings. The lowest BCUT2D eigenvalue weighted by Gasteiger charge is -2.14. The molecule has 0 aromatic heterocycles. The van der Waals surface area contributed by atoms with Gasteiger partial charge in [-0.1, -0.05) is 0 Å². The van der Waals surface area contributed by atoms with Gasteiger partial charge in [0.2, 0.25) is 0 Å². The Hall–Kier alpha value is -0.610. The van der Waals surface area contributed by atoms with Gasteiger partial charge in [0.25, 0.3) is 6.47 Å². The molecule has 1 heterocycles. The molecule has 15 heavy (non-hydrogen) atoms. The van der Waals surface area contributed by atoms with Gasteiger partial charge in [0.05, 0.1) is 0 Å². The maximum absolute atomic E-state index is 9.60. The number of hydrogen-bond acceptors (Lipinski definition) is 4. The van der Waals surface area contributed by atoms with Crippen molar-refractivity contribution in [1.82, 2.24) is 5.32 Å². The lowest BCUT2D eigenvalue weighted by atomic mass is 10.1. The van der Waals surface area contributed by atoms with Crippen LogP contribution < -0.4 is 5.32 Å². The first-order valence-electron chi connectivity index (χ1n) is 5.34. The molecule has 2 atom stereocenters. The molecule has 0 radical (unpaired) electrons. The lowest BCUT2D eigenvalue weighted by molar-refractivity contribution is -0.138. The van der Waals surface area contributed by atoms with Crippen LogP contribution in [0.5, 0.6) is 0 Å². The molecular weight excluding hydrogens is 194 g/mol. The molecule has 1 aliphatic rings. The first kappa shape index (κ1) is 14.4. The van der Waals surface area contributed by atoms with Gasteiger partial charge >= 0.3 is 0 Å². The van der Waals surface area contributed by atoms with Crippen molar-refractivity contribution in [3.63, 3.8) is 0 Å². The summed E-state index contributed by atoms with van der Waals surface area (Å²) in [5.74, 6) is 0.519. The number of carbonyl (C=O) groups excluding carboxylic acids is 1. The van der Waals surface area contributed by atoms with Gasteiger partial charge in [0, 0.05) is 19.2 Å². The summed E-state index contributed by atoms with van der Waals surface area (Å²) in [4.78, 5) is 9.60. The highest BCUT2D eigenvalue weighted by molar-refractivity contribution is 5.37. The van der Waals surface area contributed by atoms with Crippen molar-refractivity contribution in [1.29, 1.82) is 0 Å². The third-order valence-electron chi connectivity index (χ3n) is 2.10. The summed E-state index contributed by atoms with van der Waals surface area (Å²) < 4.78 is 4.55. The molecule has 4 nitrogen and oxygen atoms in total. The third kappa shape index (κ3) is 8.39. The van der Waals surface area contributed by atoms with Gasteiger partial charge in [-0.05, 0) is 40.0 Å². The monoisotopic (exact) mass is 217 g/mol. The zero-order valence-corrected chi connectivity index (χ0v) is 10.1. The van der Waals surface area contributed by atoms with Crippen molar-refractivity contribution in [2.24, 2.45) is 5.92 Å². The number of carbonyl (C=O) groups is 1. The Kier molecular flexibility index (Phi) is 6.52. The van der Waals surface area contributed by atoms with Crippen LogP contribution in [0, 0.1) is 5.92 Å². The number of aliphatic hydroxyl groups is 1. The molecule has 1 rings (SSSR count). The Balaban J connectivity index is 0.000000265. The maximum atomic E-state index is 9.60. The van der Waals surface area contributed by atoms with Gasteiger partial charge in [-0.3, -0.25) is 4.79 Å². The van der Waals surface area contributed by atoms with Crippen molar-refractivity contribution < 1.29 is 14.6 Å². The van der Waals surface area contributed by atoms with Crippen LogP contribution in [0.1, 0.15) is 34.1 Å². The van der Waals surface area contributed by atoms with Crippen LogP contribution in [0.25, 0.3) is 0 Å². The molecule has 0 saturated carbocycles. The molecule has 2 unspecified atom stereocenters. The van der Waals surface area contributed by atoms with Crippen LogP contribution in [0.2, 0.25) is 0 Å². The number of nitrogens with one attached hydrogen (secondary N) is 1. The summed E-state index contributed by atoms with van der Waals surface area (Å²) >= 11 is 0. The van der Waals surface area contributed by atoms with E-state index >= 15 is 0 Å². The highest BCUT2D eigenvalue weighted by Gasteiger charge is 2.18. The zero-order chi connectivity index (χ0) is 11.9. The summed E-state index contributed by atoms with van der Waals surface area (Å²) in [6.45, 7) is 9.41. The van der Waals surface area contributed by atoms with E-state index in [0.29, 0.717) is 25.0 Å². The fourth-order valence-electron chi connectivity index (χ4n) is 1.32. The predicted octanol–water partition coefficient (Wildman–Crippen LogP) is 0.935. The van der Waals surface area contributed by atoms with E-state index in [4.69, 9.17) is 5.11 Å². The molecule has 0 spiro atoms. The van der Waals surface area contributed by atoms with E-state index in [1.165, 1.54) is 0 Å². The summed E-state index contributed by atoms with van der Waals surface area (Å²) in [5, 5.41) is 11.9. The molecule has 0 aromatic rings. The Morgan fingerprint density at radius 2 is 2.13 bits per heavy atom. The largest absolute Gasteiger partial charge is 0.462 e. The highest BCUT2D eigenvalue weighted by Crippen LogP contribution is 2.11. The predicted molar refractivity (Wildman–Crippen MR) is 59.6 cm³/mol. The quantitative estimate of drug-likeness (QED) is 0.676. The van der Waals surface area contributed by atoms with E-state index in [1.807, 2.05) is 20.8 Å². The summed E-state index contributed by atoms with van der Waals surface area (Å²) in [7, 11) is 0. The molecule has 1 saturated heterocycles. The van der Waals surface area contributed by atoms with E-state index in [2.05, 4.69) is 17.0 Å². The van der Waals surface area contributed by atoms with Crippen molar-refractivity contribution in [2.75, 3.05) is 13.2 Å². The molecule has 0 bridgehead atoms. The Bertz CT molecular complexity index is 177. The summed E-state index contributed by atoms with van der Waals surface area (Å²) in [6.07, 6.45) is 1.14. The Morgan fingerprint density at radius 3 is 2.27 bits per heavy atom. The van der Waals surface area contributed by atoms with Gasteiger partial charge in [-0.25, -0.2) is 0 Å². The van der Waals surface area contributed by atoms with Crippen molar-refractivity contribution in [3.05, 3.63) is 0 Å². The fourth-order valence-corrected chi connectivity index (χ4v) is 1.32. The minimum absolute atomic E-state index is 0.318. The van der Waals surface area contributed by atoms with Crippen molar-refractivity contribution in [3.8, 4) is 0 Å². The third-order valence-corrected chi connectivity index (χ3v) is 2.10. The van der Waals surface area contributed by atoms with Gasteiger partial charge in [0.1, 0.15) is 5.60 Å². The molecule has 1 aliphatic heterocycles. The van der Waals surface area contributed by atoms with Gasteiger partial charge in [-0.15, -0.1) is 0 Å². The molecule has 4 heteroatoms. The lowest BCUT2D eigenvalue weighted by Crippen LogP contribution is -2.17. The van der Waals surface area contributed by atoms with Crippen LogP contribution in [-0.2, 0) is 9.53 Å². The second-order valence-electron chi connectivity index (χ2n) is 4.92. The second kappa shape index (κ2) is 6.80. The Labute approximate surface area is 92.0 Å². The van der Waals surface area contributed by atoms with Crippen LogP contribution in [0.4, 0.5) is 0 Å². The van der Waals surface area contributed by atoms with E-state index in [0.717, 1.165) is 13.0 Å². The number of aliphatic hydroxyl groups excluding tert-OH is 1. The van der Waals surface area contributed by atoms with E-state index < -0.39 is 0 Å². The average Bonchev–Trinajstić information content (AvgIpc) is 2.50. The molecule has 0 aliphatic carbocycles. The van der Waals surface area contributed by atoms with Crippen LogP contribution >= 0.6 is 0 Å². The molecule has 0 aromatic carbocycles. The maximum Gasteiger partial charge on any atom is 0.293 e. The van der Waals surface area contributed by atoms with Crippen molar-refractivity contribution >= 4 is 6.47 Å². The Morgan fingerprint density at radius 1 is 1.53 bits per heavy atom. The SMILES string of the molecule is CC(C)(C)OC=O.CC1CC(CO)CN1. The van der Waals surface area contributed by atoms with Crippen LogP contribution in [-0.4, -0.2) is 36.4 Å². The number of rotatable bonds is 2. The first-order chi connectivity index (χ1) is 6.89. The highest BCUT2D eigenvalue weighted by atomic mass is 16.5. The second-order valence-corrected chi connectivity index (χ2v) is 4.92. The number of hydrogen-bond donors (Lipinski definition) is 2. The smallest absolute Gasteiger partial charge is 0.293 e. The average molecular weight is 217 g/mol. The molecule has 0 amide bonds. The molecule has 90 valence electrons. The van der Waals surface area contributed by atoms with E-state index in [9.17, 15) is 4.79 Å². The van der Waals surface area contributed by atoms with Crippen LogP contribution in [0.15, 0.2) is 0 Å². The van der Waals surface area contributed by atoms with E-state index in [1.54, 1.807) is 0 Å². The molecule has 2 N–H and O–H groups in total. The molecular formula is C11H23NO3. The van der Waals surface area contributed by atoms with Crippen LogP contribution in [0.3, 0.4) is 0 Å². The minimum Gasteiger partial charge on any atom is -0.462 e. The fraction of sp³-hybridized carbons (Fsp3) is 0.909. The van der Waals surface area contributed by atoms with Gasteiger partial charge in [-0.2, -0.15) is 0 Å². The van der Waals surface area contributed by atoms with Crippen molar-refractivity contribution in [2.45, 2.75) is 45.8 Å². The summed E-state index contributed by atoms with van der Waals surface area (Å²) in [5.41, 5.74) is -0.318. The minimum atomic E-state index is -0.318. The first-order valence-corrected chi connectivity index (χ1v) is 5.34. The number of ether oxygens (including phenoxy) is 1. The standard InChI is InChI=1S/C6H13NO.C5H10O2/c1-5-2-6(4-8)3-7-5;1-5(2,3)7-4-6/h5-8H,2-4H2,1H3;4H,1-3H3. The van der Waals surface area contributed by atoms with Gasteiger partial charge < -0.3 is 15.2 Å². The topological polar surface area (TPSA) is 58.6 Å². The summed E-state index contributed by atoms with van der Waals surface area (Å²) in [6, 6.07) is 0.618. The van der Waals surface area contributed by atoms with Gasteiger partial charge in [0.15, 0.2) is 0 Å². The van der Waals surface area contributed by atoms with E-state index in [-0.39, 0.29) is 5.60 Å².